The highest BCUT2D eigenvalue weighted by molar-refractivity contribution is 5.28. The molecular weight excluding hydrogens is 352 g/mol. The van der Waals surface area contributed by atoms with E-state index < -0.39 is 0 Å². The second-order valence-corrected chi connectivity index (χ2v) is 12.2. The Bertz CT molecular complexity index is 672. The van der Waals surface area contributed by atoms with Crippen LogP contribution in [0.15, 0.2) is 23.3 Å². The van der Waals surface area contributed by atoms with Gasteiger partial charge in [0.2, 0.25) is 0 Å². The van der Waals surface area contributed by atoms with Crippen molar-refractivity contribution in [2.75, 3.05) is 0 Å². The quantitative estimate of drug-likeness (QED) is 0.484. The highest BCUT2D eigenvalue weighted by Gasteiger charge is 2.57. The molecular formula is C28H46O. The van der Waals surface area contributed by atoms with Crippen molar-refractivity contribution in [2.45, 2.75) is 105 Å². The Morgan fingerprint density at radius 1 is 1.07 bits per heavy atom. The van der Waals surface area contributed by atoms with E-state index in [4.69, 9.17) is 0 Å². The molecule has 3 saturated carbocycles. The predicted molar refractivity (Wildman–Crippen MR) is 124 cm³/mol. The molecule has 29 heavy (non-hydrogen) atoms. The van der Waals surface area contributed by atoms with Crippen LogP contribution in [0.3, 0.4) is 0 Å². The molecule has 1 heteroatoms. The minimum atomic E-state index is -0.0454. The molecule has 0 bridgehead atoms. The number of hydrogen-bond donors (Lipinski definition) is 1. The summed E-state index contributed by atoms with van der Waals surface area (Å²) < 4.78 is 0. The molecule has 4 rings (SSSR count). The number of aliphatic hydroxyl groups excluding tert-OH is 1. The smallest absolute Gasteiger partial charge is 0.0543 e. The van der Waals surface area contributed by atoms with Crippen molar-refractivity contribution >= 4 is 0 Å². The Kier molecular flexibility index (Phi) is 5.86. The van der Waals surface area contributed by atoms with Crippen LogP contribution in [0.5, 0.6) is 0 Å². The lowest BCUT2D eigenvalue weighted by atomic mass is 9.48. The van der Waals surface area contributed by atoms with E-state index in [1.165, 1.54) is 44.9 Å². The molecule has 0 aromatic carbocycles. The average molecular weight is 399 g/mol. The Hall–Kier alpha value is -0.560. The minimum Gasteiger partial charge on any atom is -0.393 e. The summed E-state index contributed by atoms with van der Waals surface area (Å²) in [5.74, 6) is 4.64. The fourth-order valence-corrected chi connectivity index (χ4v) is 8.02. The first-order chi connectivity index (χ1) is 13.7. The molecule has 0 saturated heterocycles. The number of hydrogen-bond acceptors (Lipinski definition) is 1. The fraction of sp³-hybridized carbons (Fsp3) is 0.857. The van der Waals surface area contributed by atoms with Gasteiger partial charge in [-0.2, -0.15) is 0 Å². The summed E-state index contributed by atoms with van der Waals surface area (Å²) in [6.07, 6.45) is 16.7. The van der Waals surface area contributed by atoms with Gasteiger partial charge >= 0.3 is 0 Å². The van der Waals surface area contributed by atoms with Gasteiger partial charge < -0.3 is 5.11 Å². The van der Waals surface area contributed by atoms with E-state index in [-0.39, 0.29) is 6.10 Å². The van der Waals surface area contributed by atoms with E-state index in [9.17, 15) is 5.11 Å². The minimum absolute atomic E-state index is 0.0454. The molecule has 4 aliphatic carbocycles. The van der Waals surface area contributed by atoms with E-state index >= 15 is 0 Å². The van der Waals surface area contributed by atoms with Crippen molar-refractivity contribution in [3.63, 3.8) is 0 Å². The molecule has 0 aromatic rings. The van der Waals surface area contributed by atoms with E-state index in [0.29, 0.717) is 22.7 Å². The summed E-state index contributed by atoms with van der Waals surface area (Å²) in [4.78, 5) is 0. The van der Waals surface area contributed by atoms with Gasteiger partial charge in [0, 0.05) is 0 Å². The molecule has 1 N–H and O–H groups in total. The Balaban J connectivity index is 1.52. The van der Waals surface area contributed by atoms with Crippen molar-refractivity contribution in [3.8, 4) is 0 Å². The topological polar surface area (TPSA) is 20.2 Å². The van der Waals surface area contributed by atoms with Crippen molar-refractivity contribution in [2.24, 2.45) is 46.3 Å². The lowest BCUT2D eigenvalue weighted by molar-refractivity contribution is -0.0397. The van der Waals surface area contributed by atoms with Crippen LogP contribution in [-0.4, -0.2) is 11.2 Å². The lowest BCUT2D eigenvalue weighted by Gasteiger charge is -2.57. The molecule has 0 spiro atoms. The van der Waals surface area contributed by atoms with Crippen LogP contribution < -0.4 is 0 Å². The molecule has 1 nitrogen and oxygen atoms in total. The zero-order valence-corrected chi connectivity index (χ0v) is 20.0. The van der Waals surface area contributed by atoms with Crippen LogP contribution in [0.2, 0.25) is 0 Å². The molecule has 3 fully saturated rings. The number of rotatable bonds is 4. The number of aliphatic hydroxyl groups is 1. The first kappa shape index (κ1) is 21.7. The third-order valence-corrected chi connectivity index (χ3v) is 10.7. The van der Waals surface area contributed by atoms with Crippen LogP contribution >= 0.6 is 0 Å². The Morgan fingerprint density at radius 3 is 2.48 bits per heavy atom. The van der Waals surface area contributed by atoms with E-state index in [1.807, 2.05) is 5.57 Å². The van der Waals surface area contributed by atoms with Gasteiger partial charge in [0.25, 0.3) is 0 Å². The third kappa shape index (κ3) is 3.58. The third-order valence-electron chi connectivity index (χ3n) is 10.7. The summed E-state index contributed by atoms with van der Waals surface area (Å²) in [5, 5.41) is 10.2. The SMILES string of the molecule is CC(=CCC1CCC2C3=CCC4CC(O)CCC4(C)C3CCC12C)C(C)C(C)C. The molecule has 8 atom stereocenters. The molecule has 4 aliphatic rings. The predicted octanol–water partition coefficient (Wildman–Crippen LogP) is 7.55. The summed E-state index contributed by atoms with van der Waals surface area (Å²) in [5.41, 5.74) is 4.42. The molecule has 164 valence electrons. The van der Waals surface area contributed by atoms with Gasteiger partial charge in [0.05, 0.1) is 6.10 Å². The summed E-state index contributed by atoms with van der Waals surface area (Å²) in [6.45, 7) is 14.7. The number of fused-ring (bicyclic) bond motifs is 5. The molecule has 0 aliphatic heterocycles. The van der Waals surface area contributed by atoms with E-state index in [2.05, 4.69) is 53.7 Å². The fourth-order valence-electron chi connectivity index (χ4n) is 8.02. The second kappa shape index (κ2) is 7.85. The van der Waals surface area contributed by atoms with Crippen LogP contribution in [0.4, 0.5) is 0 Å². The molecule has 0 radical (unpaired) electrons. The molecule has 0 amide bonds. The summed E-state index contributed by atoms with van der Waals surface area (Å²) >= 11 is 0. The van der Waals surface area contributed by atoms with E-state index in [1.54, 1.807) is 5.57 Å². The van der Waals surface area contributed by atoms with E-state index in [0.717, 1.165) is 36.5 Å². The van der Waals surface area contributed by atoms with Crippen molar-refractivity contribution < 1.29 is 5.11 Å². The first-order valence-corrected chi connectivity index (χ1v) is 12.7. The van der Waals surface area contributed by atoms with Gasteiger partial charge in [0.15, 0.2) is 0 Å². The molecule has 0 aromatic heterocycles. The highest BCUT2D eigenvalue weighted by atomic mass is 16.3. The van der Waals surface area contributed by atoms with Crippen molar-refractivity contribution in [3.05, 3.63) is 23.3 Å². The van der Waals surface area contributed by atoms with Crippen LogP contribution in [0, 0.1) is 46.3 Å². The summed E-state index contributed by atoms with van der Waals surface area (Å²) in [7, 11) is 0. The zero-order valence-electron chi connectivity index (χ0n) is 20.0. The monoisotopic (exact) mass is 398 g/mol. The van der Waals surface area contributed by atoms with Crippen LogP contribution in [0.1, 0.15) is 99.3 Å². The summed E-state index contributed by atoms with van der Waals surface area (Å²) in [6, 6.07) is 0. The maximum absolute atomic E-state index is 10.2. The molecule has 0 heterocycles. The standard InChI is InChI=1S/C28H46O/c1-18(2)20(4)19(3)7-8-21-10-12-25-24-11-9-22-17-23(29)13-15-28(22,6)26(24)14-16-27(21,25)5/h7,11,18,20-23,25-26,29H,8-10,12-17H2,1-6H3. The van der Waals surface area contributed by atoms with Gasteiger partial charge in [-0.25, -0.2) is 0 Å². The highest BCUT2D eigenvalue weighted by Crippen LogP contribution is 2.66. The average Bonchev–Trinajstić information content (AvgIpc) is 3.02. The number of allylic oxidation sites excluding steroid dienone is 4. The van der Waals surface area contributed by atoms with Gasteiger partial charge in [-0.3, -0.25) is 0 Å². The van der Waals surface area contributed by atoms with Crippen molar-refractivity contribution in [1.82, 2.24) is 0 Å². The zero-order chi connectivity index (χ0) is 21.0. The molecule has 8 unspecified atom stereocenters. The van der Waals surface area contributed by atoms with Gasteiger partial charge in [-0.15, -0.1) is 0 Å². The second-order valence-electron chi connectivity index (χ2n) is 12.2. The maximum atomic E-state index is 10.2. The first-order valence-electron chi connectivity index (χ1n) is 12.7. The van der Waals surface area contributed by atoms with Gasteiger partial charge in [-0.1, -0.05) is 57.9 Å². The van der Waals surface area contributed by atoms with Crippen LogP contribution in [-0.2, 0) is 0 Å². The maximum Gasteiger partial charge on any atom is 0.0543 e. The van der Waals surface area contributed by atoms with Crippen molar-refractivity contribution in [1.29, 1.82) is 0 Å². The normalized spacial score (nSPS) is 46.0. The Morgan fingerprint density at radius 2 is 1.76 bits per heavy atom. The van der Waals surface area contributed by atoms with Crippen LogP contribution in [0.25, 0.3) is 0 Å². The lowest BCUT2D eigenvalue weighted by Crippen LogP contribution is -2.49. The Labute approximate surface area is 180 Å². The van der Waals surface area contributed by atoms with Gasteiger partial charge in [0.1, 0.15) is 0 Å². The largest absolute Gasteiger partial charge is 0.393 e. The van der Waals surface area contributed by atoms with Gasteiger partial charge in [-0.05, 0) is 111 Å².